The van der Waals surface area contributed by atoms with Crippen molar-refractivity contribution in [3.8, 4) is 5.75 Å². The molecule has 5 nitrogen and oxygen atoms in total. The number of ether oxygens (including phenoxy) is 1. The van der Waals surface area contributed by atoms with Crippen LogP contribution in [-0.4, -0.2) is 22.3 Å². The number of aryl methyl sites for hydroxylation is 1. The zero-order chi connectivity index (χ0) is 14.4. The van der Waals surface area contributed by atoms with Crippen molar-refractivity contribution in [3.63, 3.8) is 0 Å². The molecular formula is C14H16ClN3O2. The standard InChI is InChI=1S/C14H16ClN3O2/c1-2-18-9-11(8-17-18)7-16-14(19)10-20-13-5-3-12(15)4-6-13/h3-6,8-9H,2,7,10H2,1H3,(H,16,19). The van der Waals surface area contributed by atoms with Gasteiger partial charge in [0.05, 0.1) is 6.20 Å². The summed E-state index contributed by atoms with van der Waals surface area (Å²) in [6, 6.07) is 6.88. The lowest BCUT2D eigenvalue weighted by atomic mass is 10.3. The number of hydrogen-bond donors (Lipinski definition) is 1. The van der Waals surface area contributed by atoms with E-state index >= 15 is 0 Å². The highest BCUT2D eigenvalue weighted by Crippen LogP contribution is 2.15. The molecule has 0 spiro atoms. The van der Waals surface area contributed by atoms with Crippen LogP contribution < -0.4 is 10.1 Å². The van der Waals surface area contributed by atoms with Gasteiger partial charge >= 0.3 is 0 Å². The van der Waals surface area contributed by atoms with Crippen LogP contribution in [0.3, 0.4) is 0 Å². The Hall–Kier alpha value is -2.01. The molecule has 0 fully saturated rings. The van der Waals surface area contributed by atoms with Crippen LogP contribution >= 0.6 is 11.6 Å². The van der Waals surface area contributed by atoms with Gasteiger partial charge in [-0.05, 0) is 31.2 Å². The predicted octanol–water partition coefficient (Wildman–Crippen LogP) is 2.25. The summed E-state index contributed by atoms with van der Waals surface area (Å²) in [6.45, 7) is 3.25. The molecule has 1 aromatic carbocycles. The van der Waals surface area contributed by atoms with Crippen molar-refractivity contribution in [2.75, 3.05) is 6.61 Å². The molecule has 0 aliphatic carbocycles. The second-order valence-electron chi connectivity index (χ2n) is 4.22. The van der Waals surface area contributed by atoms with Gasteiger partial charge in [0, 0.05) is 29.9 Å². The highest BCUT2D eigenvalue weighted by Gasteiger charge is 2.04. The molecule has 0 bridgehead atoms. The van der Waals surface area contributed by atoms with Gasteiger partial charge in [-0.3, -0.25) is 9.48 Å². The van der Waals surface area contributed by atoms with E-state index in [9.17, 15) is 4.79 Å². The lowest BCUT2D eigenvalue weighted by Crippen LogP contribution is -2.28. The number of rotatable bonds is 6. The average molecular weight is 294 g/mol. The highest BCUT2D eigenvalue weighted by atomic mass is 35.5. The number of amides is 1. The minimum absolute atomic E-state index is 0.0243. The first-order chi connectivity index (χ1) is 9.67. The number of hydrogen-bond acceptors (Lipinski definition) is 3. The fourth-order valence-electron chi connectivity index (χ4n) is 1.60. The Morgan fingerprint density at radius 1 is 1.40 bits per heavy atom. The highest BCUT2D eigenvalue weighted by molar-refractivity contribution is 6.30. The summed E-state index contributed by atoms with van der Waals surface area (Å²) in [5.41, 5.74) is 0.965. The molecule has 0 unspecified atom stereocenters. The Balaban J connectivity index is 1.74. The topological polar surface area (TPSA) is 56.2 Å². The largest absolute Gasteiger partial charge is 0.484 e. The number of nitrogens with one attached hydrogen (secondary N) is 1. The van der Waals surface area contributed by atoms with Gasteiger partial charge in [-0.2, -0.15) is 5.10 Å². The molecule has 1 amide bonds. The fourth-order valence-corrected chi connectivity index (χ4v) is 1.73. The van der Waals surface area contributed by atoms with E-state index in [2.05, 4.69) is 10.4 Å². The molecule has 0 aliphatic rings. The summed E-state index contributed by atoms with van der Waals surface area (Å²) in [7, 11) is 0. The normalized spacial score (nSPS) is 10.3. The second kappa shape index (κ2) is 6.96. The van der Waals surface area contributed by atoms with Crippen LogP contribution in [0.2, 0.25) is 5.02 Å². The summed E-state index contributed by atoms with van der Waals surface area (Å²) in [6.07, 6.45) is 3.64. The average Bonchev–Trinajstić information content (AvgIpc) is 2.92. The Bertz CT molecular complexity index is 566. The Morgan fingerprint density at radius 2 is 2.15 bits per heavy atom. The van der Waals surface area contributed by atoms with Crippen LogP contribution in [0.5, 0.6) is 5.75 Å². The molecule has 0 saturated heterocycles. The summed E-state index contributed by atoms with van der Waals surface area (Å²) in [5, 5.41) is 7.54. The molecule has 1 heterocycles. The van der Waals surface area contributed by atoms with E-state index in [1.165, 1.54) is 0 Å². The molecule has 0 saturated carbocycles. The lowest BCUT2D eigenvalue weighted by molar-refractivity contribution is -0.123. The van der Waals surface area contributed by atoms with Crippen molar-refractivity contribution in [1.29, 1.82) is 0 Å². The number of carbonyl (C=O) groups is 1. The van der Waals surface area contributed by atoms with Crippen LogP contribution in [0.25, 0.3) is 0 Å². The minimum Gasteiger partial charge on any atom is -0.484 e. The number of nitrogens with zero attached hydrogens (tertiary/aromatic N) is 2. The molecule has 0 aliphatic heterocycles. The van der Waals surface area contributed by atoms with E-state index < -0.39 is 0 Å². The van der Waals surface area contributed by atoms with Crippen LogP contribution in [0.4, 0.5) is 0 Å². The van der Waals surface area contributed by atoms with Gasteiger partial charge in [0.2, 0.25) is 0 Å². The predicted molar refractivity (Wildman–Crippen MR) is 76.7 cm³/mol. The molecule has 0 radical (unpaired) electrons. The van der Waals surface area contributed by atoms with E-state index in [0.717, 1.165) is 12.1 Å². The van der Waals surface area contributed by atoms with Crippen molar-refractivity contribution < 1.29 is 9.53 Å². The van der Waals surface area contributed by atoms with Gasteiger partial charge in [0.15, 0.2) is 6.61 Å². The van der Waals surface area contributed by atoms with E-state index in [4.69, 9.17) is 16.3 Å². The Labute approximate surface area is 122 Å². The molecule has 2 aromatic rings. The van der Waals surface area contributed by atoms with Gasteiger partial charge in [-0.25, -0.2) is 0 Å². The summed E-state index contributed by atoms with van der Waals surface area (Å²) < 4.78 is 7.16. The van der Waals surface area contributed by atoms with Gasteiger partial charge in [-0.15, -0.1) is 0 Å². The zero-order valence-corrected chi connectivity index (χ0v) is 11.9. The lowest BCUT2D eigenvalue weighted by Gasteiger charge is -2.06. The Morgan fingerprint density at radius 3 is 2.80 bits per heavy atom. The van der Waals surface area contributed by atoms with Crippen molar-refractivity contribution in [1.82, 2.24) is 15.1 Å². The van der Waals surface area contributed by atoms with Gasteiger partial charge in [0.25, 0.3) is 5.91 Å². The molecule has 6 heteroatoms. The van der Waals surface area contributed by atoms with Crippen LogP contribution in [0.1, 0.15) is 12.5 Å². The first-order valence-electron chi connectivity index (χ1n) is 6.34. The van der Waals surface area contributed by atoms with Crippen molar-refractivity contribution in [2.24, 2.45) is 0 Å². The number of benzene rings is 1. The minimum atomic E-state index is -0.177. The maximum atomic E-state index is 11.6. The summed E-state index contributed by atoms with van der Waals surface area (Å²) in [4.78, 5) is 11.6. The first-order valence-corrected chi connectivity index (χ1v) is 6.71. The molecule has 1 aromatic heterocycles. The number of halogens is 1. The SMILES string of the molecule is CCn1cc(CNC(=O)COc2ccc(Cl)cc2)cn1. The van der Waals surface area contributed by atoms with E-state index in [-0.39, 0.29) is 12.5 Å². The maximum Gasteiger partial charge on any atom is 0.258 e. The van der Waals surface area contributed by atoms with Crippen molar-refractivity contribution in [2.45, 2.75) is 20.0 Å². The van der Waals surface area contributed by atoms with Gasteiger partial charge in [0.1, 0.15) is 5.75 Å². The summed E-state index contributed by atoms with van der Waals surface area (Å²) >= 11 is 5.76. The van der Waals surface area contributed by atoms with E-state index in [1.807, 2.05) is 17.8 Å². The molecule has 1 N–H and O–H groups in total. The number of aromatic nitrogens is 2. The van der Waals surface area contributed by atoms with Crippen LogP contribution in [-0.2, 0) is 17.9 Å². The molecule has 0 atom stereocenters. The van der Waals surface area contributed by atoms with Gasteiger partial charge < -0.3 is 10.1 Å². The number of carbonyl (C=O) groups excluding carboxylic acids is 1. The van der Waals surface area contributed by atoms with Crippen LogP contribution in [0, 0.1) is 0 Å². The quantitative estimate of drug-likeness (QED) is 0.889. The second-order valence-corrected chi connectivity index (χ2v) is 4.66. The van der Waals surface area contributed by atoms with Crippen molar-refractivity contribution in [3.05, 3.63) is 47.2 Å². The van der Waals surface area contributed by atoms with Gasteiger partial charge in [-0.1, -0.05) is 11.6 Å². The monoisotopic (exact) mass is 293 g/mol. The molecule has 106 valence electrons. The van der Waals surface area contributed by atoms with Crippen LogP contribution in [0.15, 0.2) is 36.7 Å². The zero-order valence-electron chi connectivity index (χ0n) is 11.2. The smallest absolute Gasteiger partial charge is 0.258 e. The molecule has 2 rings (SSSR count). The third-order valence-corrected chi connectivity index (χ3v) is 2.94. The summed E-state index contributed by atoms with van der Waals surface area (Å²) in [5.74, 6) is 0.438. The third-order valence-electron chi connectivity index (χ3n) is 2.68. The first kappa shape index (κ1) is 14.4. The molecular weight excluding hydrogens is 278 g/mol. The third kappa shape index (κ3) is 4.28. The Kier molecular flexibility index (Phi) is 5.01. The van der Waals surface area contributed by atoms with Crippen molar-refractivity contribution >= 4 is 17.5 Å². The van der Waals surface area contributed by atoms with E-state index in [1.54, 1.807) is 30.5 Å². The molecule has 20 heavy (non-hydrogen) atoms. The fraction of sp³-hybridized carbons (Fsp3) is 0.286. The maximum absolute atomic E-state index is 11.6. The van der Waals surface area contributed by atoms with E-state index in [0.29, 0.717) is 17.3 Å².